The summed E-state index contributed by atoms with van der Waals surface area (Å²) in [5.41, 5.74) is 0.604. The molecule has 24 heavy (non-hydrogen) atoms. The predicted molar refractivity (Wildman–Crippen MR) is 94.6 cm³/mol. The molecule has 1 aromatic heterocycles. The van der Waals surface area contributed by atoms with E-state index in [4.69, 9.17) is 32.7 Å². The van der Waals surface area contributed by atoms with Crippen LogP contribution >= 0.6 is 34.5 Å². The Labute approximate surface area is 151 Å². The summed E-state index contributed by atoms with van der Waals surface area (Å²) in [4.78, 5) is 16.7. The van der Waals surface area contributed by atoms with Crippen molar-refractivity contribution in [2.24, 2.45) is 0 Å². The number of para-hydroxylation sites is 2. The second-order valence-corrected chi connectivity index (χ2v) is 6.98. The molecule has 4 rings (SSSR count). The minimum Gasteiger partial charge on any atom is -0.485 e. The van der Waals surface area contributed by atoms with Gasteiger partial charge in [0.25, 0.3) is 5.91 Å². The Bertz CT molecular complexity index is 944. The molecule has 122 valence electrons. The van der Waals surface area contributed by atoms with Crippen LogP contribution in [0.1, 0.15) is 0 Å². The number of hydrogen-bond acceptors (Lipinski definition) is 5. The molecule has 1 N–H and O–H groups in total. The number of aromatic nitrogens is 1. The minimum atomic E-state index is -0.744. The maximum absolute atomic E-state index is 12.4. The van der Waals surface area contributed by atoms with E-state index >= 15 is 0 Å². The summed E-state index contributed by atoms with van der Waals surface area (Å²) < 4.78 is 12.0. The van der Waals surface area contributed by atoms with Crippen LogP contribution in [0.4, 0.5) is 5.13 Å². The van der Waals surface area contributed by atoms with Crippen LogP contribution in [-0.4, -0.2) is 23.6 Å². The molecule has 2 heterocycles. The van der Waals surface area contributed by atoms with Crippen LogP contribution in [0.3, 0.4) is 0 Å². The van der Waals surface area contributed by atoms with Crippen LogP contribution in [0.5, 0.6) is 11.5 Å². The molecule has 0 bridgehead atoms. The highest BCUT2D eigenvalue weighted by molar-refractivity contribution is 7.22. The summed E-state index contributed by atoms with van der Waals surface area (Å²) in [6, 6.07) is 10.6. The highest BCUT2D eigenvalue weighted by Crippen LogP contribution is 2.34. The van der Waals surface area contributed by atoms with E-state index in [2.05, 4.69) is 10.3 Å². The maximum Gasteiger partial charge on any atom is 0.270 e. The predicted octanol–water partition coefficient (Wildman–Crippen LogP) is 4.38. The standard InChI is InChI=1S/C16H10Cl2N2O3S/c17-8-5-9(18)14-13(6-8)24-16(19-14)20-15(21)12-7-22-10-3-1-2-4-11(10)23-12/h1-6,12H,7H2,(H,19,20,21)/t12-/m1/s1. The minimum absolute atomic E-state index is 0.139. The Kier molecular flexibility index (Phi) is 3.96. The molecule has 0 fully saturated rings. The Morgan fingerprint density at radius 2 is 2.04 bits per heavy atom. The summed E-state index contributed by atoms with van der Waals surface area (Å²) >= 11 is 13.4. The first-order valence-corrected chi connectivity index (χ1v) is 8.62. The molecule has 8 heteroatoms. The zero-order valence-corrected chi connectivity index (χ0v) is 14.4. The van der Waals surface area contributed by atoms with Gasteiger partial charge in [0, 0.05) is 5.02 Å². The number of carbonyl (C=O) groups is 1. The topological polar surface area (TPSA) is 60.5 Å². The molecule has 1 aliphatic rings. The Morgan fingerprint density at radius 3 is 2.88 bits per heavy atom. The van der Waals surface area contributed by atoms with Gasteiger partial charge in [0.15, 0.2) is 16.6 Å². The SMILES string of the molecule is O=C(Nc1nc2c(Cl)cc(Cl)cc2s1)[C@H]1COc2ccccc2O1. The van der Waals surface area contributed by atoms with Crippen molar-refractivity contribution in [1.82, 2.24) is 4.98 Å². The first-order valence-electron chi connectivity index (χ1n) is 7.05. The van der Waals surface area contributed by atoms with E-state index in [9.17, 15) is 4.79 Å². The fourth-order valence-electron chi connectivity index (χ4n) is 2.35. The molecular weight excluding hydrogens is 371 g/mol. The van der Waals surface area contributed by atoms with Gasteiger partial charge >= 0.3 is 0 Å². The number of carbonyl (C=O) groups excluding carboxylic acids is 1. The average Bonchev–Trinajstić information content (AvgIpc) is 2.97. The molecular formula is C16H10Cl2N2O3S. The molecule has 0 radical (unpaired) electrons. The molecule has 0 aliphatic carbocycles. The van der Waals surface area contributed by atoms with E-state index in [-0.39, 0.29) is 12.5 Å². The second kappa shape index (κ2) is 6.12. The van der Waals surface area contributed by atoms with Crippen molar-refractivity contribution in [2.45, 2.75) is 6.10 Å². The summed E-state index contributed by atoms with van der Waals surface area (Å²) in [6.45, 7) is 0.139. The van der Waals surface area contributed by atoms with E-state index in [1.165, 1.54) is 11.3 Å². The fraction of sp³-hybridized carbons (Fsp3) is 0.125. The number of halogens is 2. The van der Waals surface area contributed by atoms with Gasteiger partial charge in [-0.25, -0.2) is 4.98 Å². The van der Waals surface area contributed by atoms with Gasteiger partial charge in [-0.05, 0) is 24.3 Å². The maximum atomic E-state index is 12.4. The normalized spacial score (nSPS) is 16.2. The largest absolute Gasteiger partial charge is 0.485 e. The van der Waals surface area contributed by atoms with Crippen molar-refractivity contribution < 1.29 is 14.3 Å². The lowest BCUT2D eigenvalue weighted by Crippen LogP contribution is -2.40. The van der Waals surface area contributed by atoms with Gasteiger partial charge in [0.1, 0.15) is 12.1 Å². The number of fused-ring (bicyclic) bond motifs is 2. The molecule has 0 saturated heterocycles. The smallest absolute Gasteiger partial charge is 0.270 e. The number of rotatable bonds is 2. The number of thiazole rings is 1. The lowest BCUT2D eigenvalue weighted by molar-refractivity contribution is -0.125. The van der Waals surface area contributed by atoms with Gasteiger partial charge < -0.3 is 9.47 Å². The Morgan fingerprint density at radius 1 is 1.25 bits per heavy atom. The van der Waals surface area contributed by atoms with Gasteiger partial charge in [-0.2, -0.15) is 0 Å². The van der Waals surface area contributed by atoms with E-state index in [0.29, 0.717) is 32.2 Å². The van der Waals surface area contributed by atoms with Crippen LogP contribution in [0, 0.1) is 0 Å². The number of nitrogens with zero attached hydrogens (tertiary/aromatic N) is 1. The van der Waals surface area contributed by atoms with Crippen molar-refractivity contribution >= 4 is 55.8 Å². The van der Waals surface area contributed by atoms with E-state index in [1.807, 2.05) is 12.1 Å². The molecule has 1 aliphatic heterocycles. The number of hydrogen-bond donors (Lipinski definition) is 1. The van der Waals surface area contributed by atoms with Gasteiger partial charge in [-0.3, -0.25) is 10.1 Å². The van der Waals surface area contributed by atoms with Crippen molar-refractivity contribution in [3.8, 4) is 11.5 Å². The van der Waals surface area contributed by atoms with Gasteiger partial charge in [0.2, 0.25) is 6.10 Å². The lowest BCUT2D eigenvalue weighted by atomic mass is 10.2. The molecule has 1 atom stereocenters. The van der Waals surface area contributed by atoms with E-state index < -0.39 is 6.10 Å². The molecule has 5 nitrogen and oxygen atoms in total. The van der Waals surface area contributed by atoms with Crippen LogP contribution in [0.2, 0.25) is 10.0 Å². The monoisotopic (exact) mass is 380 g/mol. The first kappa shape index (κ1) is 15.5. The zero-order valence-electron chi connectivity index (χ0n) is 12.1. The Hall–Kier alpha value is -2.02. The van der Waals surface area contributed by atoms with Crippen molar-refractivity contribution in [3.63, 3.8) is 0 Å². The quantitative estimate of drug-likeness (QED) is 0.716. The van der Waals surface area contributed by atoms with Crippen LogP contribution in [0.15, 0.2) is 36.4 Å². The number of amides is 1. The summed E-state index contributed by atoms with van der Waals surface area (Å²) in [7, 11) is 0. The first-order chi connectivity index (χ1) is 11.6. The average molecular weight is 381 g/mol. The van der Waals surface area contributed by atoms with Gasteiger partial charge in [-0.15, -0.1) is 0 Å². The third-order valence-electron chi connectivity index (χ3n) is 3.44. The summed E-state index contributed by atoms with van der Waals surface area (Å²) in [5, 5.41) is 4.14. The molecule has 2 aromatic carbocycles. The van der Waals surface area contributed by atoms with Crippen LogP contribution in [-0.2, 0) is 4.79 Å². The van der Waals surface area contributed by atoms with Crippen LogP contribution in [0.25, 0.3) is 10.2 Å². The lowest BCUT2D eigenvalue weighted by Gasteiger charge is -2.25. The number of nitrogens with one attached hydrogen (secondary N) is 1. The van der Waals surface area contributed by atoms with Crippen molar-refractivity contribution in [2.75, 3.05) is 11.9 Å². The summed E-state index contributed by atoms with van der Waals surface area (Å²) in [5.74, 6) is 0.844. The van der Waals surface area contributed by atoms with Gasteiger partial charge in [-0.1, -0.05) is 46.7 Å². The van der Waals surface area contributed by atoms with Crippen LogP contribution < -0.4 is 14.8 Å². The van der Waals surface area contributed by atoms with Gasteiger partial charge in [0.05, 0.1) is 9.72 Å². The highest BCUT2D eigenvalue weighted by Gasteiger charge is 2.28. The number of benzene rings is 2. The number of ether oxygens (including phenoxy) is 2. The fourth-order valence-corrected chi connectivity index (χ4v) is 3.94. The summed E-state index contributed by atoms with van der Waals surface area (Å²) in [6.07, 6.45) is -0.744. The third-order valence-corrected chi connectivity index (χ3v) is 4.87. The van der Waals surface area contributed by atoms with E-state index in [0.717, 1.165) is 4.70 Å². The highest BCUT2D eigenvalue weighted by atomic mass is 35.5. The second-order valence-electron chi connectivity index (χ2n) is 5.11. The molecule has 0 spiro atoms. The molecule has 0 saturated carbocycles. The number of anilines is 1. The van der Waals surface area contributed by atoms with Crippen molar-refractivity contribution in [3.05, 3.63) is 46.4 Å². The zero-order chi connectivity index (χ0) is 16.7. The molecule has 0 unspecified atom stereocenters. The van der Waals surface area contributed by atoms with Crippen molar-refractivity contribution in [1.29, 1.82) is 0 Å². The molecule has 1 amide bonds. The molecule has 3 aromatic rings. The van der Waals surface area contributed by atoms with E-state index in [1.54, 1.807) is 24.3 Å². The third kappa shape index (κ3) is 2.88. The Balaban J connectivity index is 1.54.